The smallest absolute Gasteiger partial charge is 0.0621 e. The van der Waals surface area contributed by atoms with Crippen molar-refractivity contribution in [1.29, 1.82) is 0 Å². The molecule has 2 aromatic rings. The van der Waals surface area contributed by atoms with Crippen molar-refractivity contribution in [2.75, 3.05) is 0 Å². The molecule has 0 aliphatic carbocycles. The Balaban J connectivity index is 2.03. The molecular formula is C15H13Cl3O. The summed E-state index contributed by atoms with van der Waals surface area (Å²) >= 11 is 17.8. The molecule has 0 radical (unpaired) electrons. The molecule has 1 atom stereocenters. The van der Waals surface area contributed by atoms with Gasteiger partial charge in [-0.05, 0) is 41.8 Å². The van der Waals surface area contributed by atoms with E-state index in [2.05, 4.69) is 0 Å². The van der Waals surface area contributed by atoms with Crippen LogP contribution in [0.5, 0.6) is 0 Å². The van der Waals surface area contributed by atoms with E-state index in [1.807, 2.05) is 30.3 Å². The Hall–Kier alpha value is -0.730. The van der Waals surface area contributed by atoms with Crippen molar-refractivity contribution in [2.45, 2.75) is 18.9 Å². The van der Waals surface area contributed by atoms with Gasteiger partial charge in [-0.1, -0.05) is 53.0 Å². The lowest BCUT2D eigenvalue weighted by Gasteiger charge is -2.12. The van der Waals surface area contributed by atoms with E-state index >= 15 is 0 Å². The highest BCUT2D eigenvalue weighted by Crippen LogP contribution is 2.23. The molecule has 0 aromatic heterocycles. The third kappa shape index (κ3) is 4.39. The van der Waals surface area contributed by atoms with Gasteiger partial charge in [-0.25, -0.2) is 0 Å². The molecule has 0 bridgehead atoms. The van der Waals surface area contributed by atoms with Crippen molar-refractivity contribution < 1.29 is 5.11 Å². The van der Waals surface area contributed by atoms with Gasteiger partial charge in [0.05, 0.1) is 6.10 Å². The fourth-order valence-electron chi connectivity index (χ4n) is 1.95. The maximum atomic E-state index is 10.1. The molecule has 1 nitrogen and oxygen atoms in total. The third-order valence-corrected chi connectivity index (χ3v) is 3.65. The van der Waals surface area contributed by atoms with Crippen LogP contribution in [0.15, 0.2) is 42.5 Å². The van der Waals surface area contributed by atoms with Crippen LogP contribution in [-0.4, -0.2) is 11.2 Å². The highest BCUT2D eigenvalue weighted by molar-refractivity contribution is 6.35. The van der Waals surface area contributed by atoms with Crippen LogP contribution in [-0.2, 0) is 12.8 Å². The van der Waals surface area contributed by atoms with E-state index in [-0.39, 0.29) is 0 Å². The van der Waals surface area contributed by atoms with Crippen molar-refractivity contribution in [3.05, 3.63) is 68.7 Å². The second-order valence-electron chi connectivity index (χ2n) is 4.43. The Morgan fingerprint density at radius 3 is 2.32 bits per heavy atom. The monoisotopic (exact) mass is 314 g/mol. The molecular weight excluding hydrogens is 303 g/mol. The first kappa shape index (κ1) is 14.7. The van der Waals surface area contributed by atoms with Gasteiger partial charge in [0.15, 0.2) is 0 Å². The fraction of sp³-hybridized carbons (Fsp3) is 0.200. The van der Waals surface area contributed by atoms with E-state index in [9.17, 15) is 5.11 Å². The molecule has 0 fully saturated rings. The summed E-state index contributed by atoms with van der Waals surface area (Å²) in [5.41, 5.74) is 1.89. The largest absolute Gasteiger partial charge is 0.392 e. The molecule has 0 aliphatic heterocycles. The zero-order valence-electron chi connectivity index (χ0n) is 10.1. The maximum Gasteiger partial charge on any atom is 0.0621 e. The van der Waals surface area contributed by atoms with E-state index in [0.717, 1.165) is 11.1 Å². The minimum absolute atomic E-state index is 0.489. The molecule has 0 saturated heterocycles. The van der Waals surface area contributed by atoms with Gasteiger partial charge in [-0.3, -0.25) is 0 Å². The molecule has 4 heteroatoms. The van der Waals surface area contributed by atoms with E-state index in [4.69, 9.17) is 34.8 Å². The van der Waals surface area contributed by atoms with Crippen LogP contribution in [0.1, 0.15) is 11.1 Å². The molecule has 100 valence electrons. The van der Waals surface area contributed by atoms with Gasteiger partial charge in [-0.2, -0.15) is 0 Å². The van der Waals surface area contributed by atoms with Gasteiger partial charge in [0.25, 0.3) is 0 Å². The average Bonchev–Trinajstić information content (AvgIpc) is 2.33. The third-order valence-electron chi connectivity index (χ3n) is 2.83. The molecule has 2 rings (SSSR count). The van der Waals surface area contributed by atoms with Crippen LogP contribution in [0.3, 0.4) is 0 Å². The predicted molar refractivity (Wildman–Crippen MR) is 81.3 cm³/mol. The topological polar surface area (TPSA) is 20.2 Å². The Bertz CT molecular complexity index is 569. The highest BCUT2D eigenvalue weighted by Gasteiger charge is 2.10. The molecule has 19 heavy (non-hydrogen) atoms. The van der Waals surface area contributed by atoms with Gasteiger partial charge < -0.3 is 5.11 Å². The Morgan fingerprint density at radius 1 is 0.895 bits per heavy atom. The van der Waals surface area contributed by atoms with Crippen LogP contribution < -0.4 is 0 Å². The predicted octanol–water partition coefficient (Wildman–Crippen LogP) is 4.79. The standard InChI is InChI=1S/C15H13Cl3O/c16-12-3-1-2-10(6-12)7-14(19)8-11-4-5-13(17)9-15(11)18/h1-6,9,14,19H,7-8H2. The van der Waals surface area contributed by atoms with Crippen LogP contribution in [0.4, 0.5) is 0 Å². The zero-order valence-corrected chi connectivity index (χ0v) is 12.4. The van der Waals surface area contributed by atoms with Crippen LogP contribution in [0, 0.1) is 0 Å². The Morgan fingerprint density at radius 2 is 1.63 bits per heavy atom. The fourth-order valence-corrected chi connectivity index (χ4v) is 2.65. The molecule has 0 aliphatic rings. The van der Waals surface area contributed by atoms with Gasteiger partial charge in [0.2, 0.25) is 0 Å². The summed E-state index contributed by atoms with van der Waals surface area (Å²) in [4.78, 5) is 0. The summed E-state index contributed by atoms with van der Waals surface area (Å²) in [6.07, 6.45) is 0.527. The minimum Gasteiger partial charge on any atom is -0.392 e. The molecule has 1 N–H and O–H groups in total. The summed E-state index contributed by atoms with van der Waals surface area (Å²) < 4.78 is 0. The quantitative estimate of drug-likeness (QED) is 0.860. The van der Waals surface area contributed by atoms with Crippen molar-refractivity contribution in [3.8, 4) is 0 Å². The van der Waals surface area contributed by atoms with Gasteiger partial charge >= 0.3 is 0 Å². The number of hydrogen-bond acceptors (Lipinski definition) is 1. The lowest BCUT2D eigenvalue weighted by molar-refractivity contribution is 0.175. The number of halogens is 3. The number of rotatable bonds is 4. The molecule has 0 spiro atoms. The number of aliphatic hydroxyl groups is 1. The Kier molecular flexibility index (Phi) is 5.12. The summed E-state index contributed by atoms with van der Waals surface area (Å²) in [5.74, 6) is 0. The first-order valence-corrected chi connectivity index (χ1v) is 7.04. The number of benzene rings is 2. The van der Waals surface area contributed by atoms with Crippen molar-refractivity contribution in [2.24, 2.45) is 0 Å². The van der Waals surface area contributed by atoms with Gasteiger partial charge in [0.1, 0.15) is 0 Å². The lowest BCUT2D eigenvalue weighted by atomic mass is 10.0. The molecule has 1 unspecified atom stereocenters. The summed E-state index contributed by atoms with van der Waals surface area (Å²) in [6, 6.07) is 12.8. The molecule has 0 saturated carbocycles. The van der Waals surface area contributed by atoms with E-state index in [0.29, 0.717) is 27.9 Å². The highest BCUT2D eigenvalue weighted by atomic mass is 35.5. The molecule has 2 aromatic carbocycles. The van der Waals surface area contributed by atoms with Crippen molar-refractivity contribution in [3.63, 3.8) is 0 Å². The van der Waals surface area contributed by atoms with Crippen LogP contribution >= 0.6 is 34.8 Å². The lowest BCUT2D eigenvalue weighted by Crippen LogP contribution is -2.14. The second-order valence-corrected chi connectivity index (χ2v) is 5.71. The molecule has 0 heterocycles. The van der Waals surface area contributed by atoms with Gasteiger partial charge in [-0.15, -0.1) is 0 Å². The van der Waals surface area contributed by atoms with Crippen LogP contribution in [0.25, 0.3) is 0 Å². The number of hydrogen-bond donors (Lipinski definition) is 1. The normalized spacial score (nSPS) is 12.4. The van der Waals surface area contributed by atoms with Crippen molar-refractivity contribution >= 4 is 34.8 Å². The average molecular weight is 316 g/mol. The van der Waals surface area contributed by atoms with E-state index < -0.39 is 6.10 Å². The number of aliphatic hydroxyl groups excluding tert-OH is 1. The minimum atomic E-state index is -0.503. The van der Waals surface area contributed by atoms with Gasteiger partial charge in [0, 0.05) is 21.5 Å². The first-order valence-electron chi connectivity index (χ1n) is 5.91. The first-order chi connectivity index (χ1) is 9.04. The summed E-state index contributed by atoms with van der Waals surface area (Å²) in [6.45, 7) is 0. The van der Waals surface area contributed by atoms with Crippen molar-refractivity contribution in [1.82, 2.24) is 0 Å². The zero-order chi connectivity index (χ0) is 13.8. The maximum absolute atomic E-state index is 10.1. The second kappa shape index (κ2) is 6.62. The van der Waals surface area contributed by atoms with Crippen LogP contribution in [0.2, 0.25) is 15.1 Å². The summed E-state index contributed by atoms with van der Waals surface area (Å²) in [7, 11) is 0. The van der Waals surface area contributed by atoms with E-state index in [1.54, 1.807) is 12.1 Å². The SMILES string of the molecule is OC(Cc1cccc(Cl)c1)Cc1ccc(Cl)cc1Cl. The van der Waals surface area contributed by atoms with E-state index in [1.165, 1.54) is 0 Å². The Labute approximate surface area is 127 Å². The summed E-state index contributed by atoms with van der Waals surface area (Å²) in [5, 5.41) is 12.0. The molecule has 0 amide bonds.